The Kier molecular flexibility index (Phi) is 5.73. The fourth-order valence-electron chi connectivity index (χ4n) is 4.13. The van der Waals surface area contributed by atoms with Crippen molar-refractivity contribution in [3.8, 4) is 0 Å². The fourth-order valence-corrected chi connectivity index (χ4v) is 4.13. The molecule has 1 aromatic carbocycles. The summed E-state index contributed by atoms with van der Waals surface area (Å²) in [6.45, 7) is 4.40. The molecule has 2 saturated heterocycles. The minimum Gasteiger partial charge on any atom is -0.379 e. The number of benzene rings is 1. The van der Waals surface area contributed by atoms with E-state index < -0.39 is 5.60 Å². The van der Waals surface area contributed by atoms with Gasteiger partial charge in [0.05, 0.1) is 6.20 Å². The Balaban J connectivity index is 1.35. The van der Waals surface area contributed by atoms with Gasteiger partial charge in [-0.2, -0.15) is 0 Å². The summed E-state index contributed by atoms with van der Waals surface area (Å²) in [6, 6.07) is 6.16. The van der Waals surface area contributed by atoms with E-state index in [2.05, 4.69) is 19.8 Å². The Bertz CT molecular complexity index is 827. The molecule has 1 aromatic heterocycles. The number of anilines is 1. The van der Waals surface area contributed by atoms with Gasteiger partial charge < -0.3 is 14.9 Å². The van der Waals surface area contributed by atoms with Gasteiger partial charge in [-0.3, -0.25) is 14.7 Å². The van der Waals surface area contributed by atoms with Crippen LogP contribution in [-0.2, 0) is 11.3 Å². The van der Waals surface area contributed by atoms with Crippen LogP contribution in [0.15, 0.2) is 42.9 Å². The molecule has 8 heteroatoms. The van der Waals surface area contributed by atoms with Crippen molar-refractivity contribution in [2.24, 2.45) is 0 Å². The highest BCUT2D eigenvalue weighted by atomic mass is 19.1. The van der Waals surface area contributed by atoms with Crippen LogP contribution in [-0.4, -0.2) is 75.7 Å². The van der Waals surface area contributed by atoms with Gasteiger partial charge in [0.15, 0.2) is 5.60 Å². The lowest BCUT2D eigenvalue weighted by molar-refractivity contribution is -0.160. The fraction of sp³-hybridized carbons (Fsp3) is 0.476. The number of carbonyl (C=O) groups is 1. The molecule has 2 aliphatic heterocycles. The molecule has 1 N–H and O–H groups in total. The van der Waals surface area contributed by atoms with Crippen molar-refractivity contribution < 1.29 is 14.3 Å². The van der Waals surface area contributed by atoms with Gasteiger partial charge in [0.2, 0.25) is 0 Å². The zero-order valence-electron chi connectivity index (χ0n) is 16.4. The van der Waals surface area contributed by atoms with Crippen LogP contribution < -0.4 is 4.90 Å². The molecular weight excluding hydrogens is 373 g/mol. The number of β-amino-alcohol motifs (C(OH)–C–C–N with tert-alkyl or cyclic N) is 1. The van der Waals surface area contributed by atoms with Crippen LogP contribution in [0, 0.1) is 5.82 Å². The molecule has 0 radical (unpaired) electrons. The molecule has 0 aliphatic carbocycles. The second-order valence-electron chi connectivity index (χ2n) is 7.82. The van der Waals surface area contributed by atoms with E-state index in [1.165, 1.54) is 12.1 Å². The molecule has 0 unspecified atom stereocenters. The van der Waals surface area contributed by atoms with E-state index >= 15 is 0 Å². The normalized spacial score (nSPS) is 23.4. The summed E-state index contributed by atoms with van der Waals surface area (Å²) in [5.74, 6) is 0.324. The molecule has 1 atom stereocenters. The van der Waals surface area contributed by atoms with Crippen molar-refractivity contribution >= 4 is 11.7 Å². The molecule has 154 valence electrons. The standard InChI is InChI=1S/C21H26FN5O2/c22-18-4-2-17(3-5-18)15-27-9-1-6-21(29,20(27)28)16-25-10-12-26(13-11-25)19-14-23-7-8-24-19/h2-5,7-8,14,29H,1,6,9-13,15-16H2/t21-/m0/s1. The number of carbonyl (C=O) groups excluding carboxylic acids is 1. The number of rotatable bonds is 5. The number of hydrogen-bond donors (Lipinski definition) is 1. The third-order valence-electron chi connectivity index (χ3n) is 5.72. The van der Waals surface area contributed by atoms with E-state index in [-0.39, 0.29) is 11.7 Å². The van der Waals surface area contributed by atoms with Gasteiger partial charge >= 0.3 is 0 Å². The van der Waals surface area contributed by atoms with Gasteiger partial charge in [0.25, 0.3) is 5.91 Å². The lowest BCUT2D eigenvalue weighted by atomic mass is 9.90. The average Bonchev–Trinajstić information content (AvgIpc) is 2.74. The number of piperidine rings is 1. The molecule has 0 saturated carbocycles. The summed E-state index contributed by atoms with van der Waals surface area (Å²) in [4.78, 5) is 27.5. The van der Waals surface area contributed by atoms with E-state index in [4.69, 9.17) is 0 Å². The molecule has 4 rings (SSSR count). The molecule has 2 fully saturated rings. The Morgan fingerprint density at radius 1 is 1.07 bits per heavy atom. The van der Waals surface area contributed by atoms with Crippen molar-refractivity contribution in [3.63, 3.8) is 0 Å². The van der Waals surface area contributed by atoms with Crippen molar-refractivity contribution in [3.05, 3.63) is 54.2 Å². The highest BCUT2D eigenvalue weighted by Gasteiger charge is 2.43. The lowest BCUT2D eigenvalue weighted by Gasteiger charge is -2.43. The predicted octanol–water partition coefficient (Wildman–Crippen LogP) is 1.29. The zero-order chi connectivity index (χ0) is 20.3. The number of amides is 1. The van der Waals surface area contributed by atoms with Gasteiger partial charge in [0, 0.05) is 58.2 Å². The summed E-state index contributed by atoms with van der Waals surface area (Å²) in [5, 5.41) is 11.1. The second kappa shape index (κ2) is 8.42. The largest absolute Gasteiger partial charge is 0.379 e. The quantitative estimate of drug-likeness (QED) is 0.817. The molecule has 7 nitrogen and oxygen atoms in total. The number of aromatic nitrogens is 2. The number of aliphatic hydroxyl groups is 1. The first-order chi connectivity index (χ1) is 14.0. The van der Waals surface area contributed by atoms with Crippen molar-refractivity contribution in [1.29, 1.82) is 0 Å². The Labute approximate surface area is 169 Å². The number of likely N-dealkylation sites (tertiary alicyclic amines) is 1. The first kappa shape index (κ1) is 19.7. The summed E-state index contributed by atoms with van der Waals surface area (Å²) in [6.07, 6.45) is 6.31. The molecule has 2 aromatic rings. The molecule has 2 aliphatic rings. The third kappa shape index (κ3) is 4.54. The van der Waals surface area contributed by atoms with Gasteiger partial charge in [-0.15, -0.1) is 0 Å². The Hall–Kier alpha value is -2.58. The number of halogens is 1. The number of nitrogens with zero attached hydrogens (tertiary/aromatic N) is 5. The van der Waals surface area contributed by atoms with E-state index in [1.54, 1.807) is 35.6 Å². The van der Waals surface area contributed by atoms with Crippen LogP contribution >= 0.6 is 0 Å². The van der Waals surface area contributed by atoms with Gasteiger partial charge in [-0.25, -0.2) is 9.37 Å². The number of hydrogen-bond acceptors (Lipinski definition) is 6. The lowest BCUT2D eigenvalue weighted by Crippen LogP contribution is -2.60. The predicted molar refractivity (Wildman–Crippen MR) is 107 cm³/mol. The van der Waals surface area contributed by atoms with Crippen LogP contribution in [0.1, 0.15) is 18.4 Å². The minimum absolute atomic E-state index is 0.232. The monoisotopic (exact) mass is 399 g/mol. The topological polar surface area (TPSA) is 72.8 Å². The summed E-state index contributed by atoms with van der Waals surface area (Å²) >= 11 is 0. The van der Waals surface area contributed by atoms with E-state index in [0.717, 1.165) is 44.0 Å². The van der Waals surface area contributed by atoms with Gasteiger partial charge in [-0.05, 0) is 30.5 Å². The average molecular weight is 399 g/mol. The first-order valence-electron chi connectivity index (χ1n) is 10.0. The molecule has 29 heavy (non-hydrogen) atoms. The van der Waals surface area contributed by atoms with Gasteiger partial charge in [0.1, 0.15) is 11.6 Å². The highest BCUT2D eigenvalue weighted by molar-refractivity contribution is 5.86. The Morgan fingerprint density at radius 3 is 2.52 bits per heavy atom. The van der Waals surface area contributed by atoms with Gasteiger partial charge in [-0.1, -0.05) is 12.1 Å². The minimum atomic E-state index is -1.37. The van der Waals surface area contributed by atoms with Crippen LogP contribution in [0.5, 0.6) is 0 Å². The maximum Gasteiger partial charge on any atom is 0.256 e. The molecule has 3 heterocycles. The van der Waals surface area contributed by atoms with Crippen LogP contribution in [0.2, 0.25) is 0 Å². The van der Waals surface area contributed by atoms with Crippen molar-refractivity contribution in [1.82, 2.24) is 19.8 Å². The molecule has 1 amide bonds. The van der Waals surface area contributed by atoms with Crippen LogP contribution in [0.25, 0.3) is 0 Å². The van der Waals surface area contributed by atoms with E-state index in [9.17, 15) is 14.3 Å². The summed E-state index contributed by atoms with van der Waals surface area (Å²) in [5.41, 5.74) is -0.505. The molecule has 0 spiro atoms. The van der Waals surface area contributed by atoms with Crippen LogP contribution in [0.4, 0.5) is 10.2 Å². The Morgan fingerprint density at radius 2 is 1.83 bits per heavy atom. The first-order valence-corrected chi connectivity index (χ1v) is 10.0. The molecular formula is C21H26FN5O2. The highest BCUT2D eigenvalue weighted by Crippen LogP contribution is 2.26. The summed E-state index contributed by atoms with van der Waals surface area (Å²) in [7, 11) is 0. The summed E-state index contributed by atoms with van der Waals surface area (Å²) < 4.78 is 13.1. The van der Waals surface area contributed by atoms with E-state index in [1.807, 2.05) is 0 Å². The van der Waals surface area contributed by atoms with Crippen LogP contribution in [0.3, 0.4) is 0 Å². The van der Waals surface area contributed by atoms with Crippen molar-refractivity contribution in [2.75, 3.05) is 44.2 Å². The zero-order valence-corrected chi connectivity index (χ0v) is 16.4. The maximum absolute atomic E-state index is 13.1. The van der Waals surface area contributed by atoms with Crippen molar-refractivity contribution in [2.45, 2.75) is 25.0 Å². The second-order valence-corrected chi connectivity index (χ2v) is 7.82. The smallest absolute Gasteiger partial charge is 0.256 e. The maximum atomic E-state index is 13.1. The molecule has 0 bridgehead atoms. The third-order valence-corrected chi connectivity index (χ3v) is 5.72. The number of piperazine rings is 1. The SMILES string of the molecule is O=C1N(Cc2ccc(F)cc2)CCC[C@]1(O)CN1CCN(c2cnccn2)CC1. The van der Waals surface area contributed by atoms with E-state index in [0.29, 0.717) is 26.1 Å².